The van der Waals surface area contributed by atoms with Crippen LogP contribution in [0.15, 0.2) is 16.7 Å². The van der Waals surface area contributed by atoms with Gasteiger partial charge in [-0.3, -0.25) is 4.79 Å². The predicted octanol–water partition coefficient (Wildman–Crippen LogP) is 1.53. The van der Waals surface area contributed by atoms with Crippen LogP contribution in [0.1, 0.15) is 6.42 Å². The largest absolute Gasteiger partial charge is 0.480 e. The highest BCUT2D eigenvalue weighted by Crippen LogP contribution is 2.31. The number of hydrogen-bond donors (Lipinski definition) is 0. The van der Waals surface area contributed by atoms with Gasteiger partial charge in [-0.15, -0.1) is 0 Å². The van der Waals surface area contributed by atoms with Crippen LogP contribution in [0, 0.1) is 0 Å². The Morgan fingerprint density at radius 2 is 2.26 bits per heavy atom. The topological polar surface area (TPSA) is 76.6 Å². The highest BCUT2D eigenvalue weighted by atomic mass is 79.9. The van der Waals surface area contributed by atoms with E-state index in [4.69, 9.17) is 15.4 Å². The molecule has 19 heavy (non-hydrogen) atoms. The third kappa shape index (κ3) is 3.01. The second kappa shape index (κ2) is 5.26. The maximum atomic E-state index is 11.8. The van der Waals surface area contributed by atoms with Crippen molar-refractivity contribution in [3.8, 4) is 5.88 Å². The van der Waals surface area contributed by atoms with E-state index in [1.54, 1.807) is 6.07 Å². The Balaban J connectivity index is 2.28. The summed E-state index contributed by atoms with van der Waals surface area (Å²) >= 11 is 3.26. The van der Waals surface area contributed by atoms with Crippen LogP contribution in [-0.2, 0) is 13.8 Å². The summed E-state index contributed by atoms with van der Waals surface area (Å²) < 4.78 is 28.1. The van der Waals surface area contributed by atoms with Crippen LogP contribution in [-0.4, -0.2) is 38.2 Å². The molecular weight excluding hydrogens is 360 g/mol. The highest BCUT2D eigenvalue weighted by Gasteiger charge is 2.38. The maximum absolute atomic E-state index is 11.8. The van der Waals surface area contributed by atoms with E-state index in [0.29, 0.717) is 16.0 Å². The number of carbonyl (C=O) groups is 1. The van der Waals surface area contributed by atoms with Crippen LogP contribution >= 0.6 is 26.6 Å². The van der Waals surface area contributed by atoms with E-state index in [9.17, 15) is 13.2 Å². The van der Waals surface area contributed by atoms with Gasteiger partial charge in [-0.25, -0.2) is 13.4 Å². The van der Waals surface area contributed by atoms with Crippen molar-refractivity contribution in [3.63, 3.8) is 0 Å². The summed E-state index contributed by atoms with van der Waals surface area (Å²) in [5, 5.41) is -0.887. The fourth-order valence-corrected chi connectivity index (χ4v) is 3.35. The second-order valence-electron chi connectivity index (χ2n) is 3.99. The number of ether oxygens (including phenoxy) is 1. The third-order valence-corrected chi connectivity index (χ3v) is 5.22. The van der Waals surface area contributed by atoms with Gasteiger partial charge in [-0.05, 0) is 22.0 Å². The van der Waals surface area contributed by atoms with E-state index in [1.165, 1.54) is 18.2 Å². The lowest BCUT2D eigenvalue weighted by atomic mass is 10.4. The minimum absolute atomic E-state index is 0.0329. The molecule has 0 spiro atoms. The Bertz CT molecular complexity index is 622. The van der Waals surface area contributed by atoms with Crippen molar-refractivity contribution in [1.29, 1.82) is 0 Å². The first-order valence-corrected chi connectivity index (χ1v) is 8.43. The Morgan fingerprint density at radius 3 is 2.74 bits per heavy atom. The van der Waals surface area contributed by atoms with Crippen LogP contribution in [0.5, 0.6) is 5.88 Å². The van der Waals surface area contributed by atoms with E-state index < -0.39 is 14.3 Å². The maximum Gasteiger partial charge on any atom is 0.237 e. The molecule has 1 saturated heterocycles. The monoisotopic (exact) mass is 368 g/mol. The van der Waals surface area contributed by atoms with Crippen molar-refractivity contribution in [2.24, 2.45) is 0 Å². The van der Waals surface area contributed by atoms with Gasteiger partial charge in [-0.2, -0.15) is 0 Å². The number of rotatable bonds is 3. The van der Waals surface area contributed by atoms with Gasteiger partial charge in [-0.1, -0.05) is 0 Å². The molecule has 1 aliphatic rings. The van der Waals surface area contributed by atoms with Crippen molar-refractivity contribution in [2.45, 2.75) is 11.7 Å². The van der Waals surface area contributed by atoms with Gasteiger partial charge in [0.05, 0.1) is 23.5 Å². The van der Waals surface area contributed by atoms with Gasteiger partial charge < -0.3 is 9.64 Å². The first-order chi connectivity index (χ1) is 8.82. The number of amides is 1. The Labute approximate surface area is 123 Å². The molecule has 6 nitrogen and oxygen atoms in total. The molecular formula is C10H10BrClN2O4S. The normalized spacial score (nSPS) is 19.8. The molecule has 104 valence electrons. The summed E-state index contributed by atoms with van der Waals surface area (Å²) in [7, 11) is 3.01. The zero-order valence-electron chi connectivity index (χ0n) is 9.84. The standard InChI is InChI=1S/C10H10BrClN2O4S/c1-18-10-8(11)2-6(4-13-10)14-5-7(3-9(14)15)19(12,16)17/h2,4,7H,3,5H2,1H3. The predicted molar refractivity (Wildman–Crippen MR) is 74.0 cm³/mol. The summed E-state index contributed by atoms with van der Waals surface area (Å²) in [5.74, 6) is 0.0880. The summed E-state index contributed by atoms with van der Waals surface area (Å²) in [6.07, 6.45) is 1.33. The first kappa shape index (κ1) is 14.5. The Kier molecular flexibility index (Phi) is 4.03. The molecule has 1 aliphatic heterocycles. The number of halogens is 2. The molecule has 9 heteroatoms. The zero-order valence-corrected chi connectivity index (χ0v) is 13.0. The highest BCUT2D eigenvalue weighted by molar-refractivity contribution is 9.10. The van der Waals surface area contributed by atoms with Gasteiger partial charge >= 0.3 is 0 Å². The fraction of sp³-hybridized carbons (Fsp3) is 0.400. The van der Waals surface area contributed by atoms with Crippen LogP contribution in [0.4, 0.5) is 5.69 Å². The van der Waals surface area contributed by atoms with Crippen LogP contribution < -0.4 is 9.64 Å². The van der Waals surface area contributed by atoms with Gasteiger partial charge in [0, 0.05) is 23.6 Å². The van der Waals surface area contributed by atoms with Crippen molar-refractivity contribution >= 4 is 47.3 Å². The van der Waals surface area contributed by atoms with Crippen molar-refractivity contribution in [1.82, 2.24) is 4.98 Å². The Hall–Kier alpha value is -0.860. The molecule has 0 saturated carbocycles. The molecule has 0 radical (unpaired) electrons. The minimum Gasteiger partial charge on any atom is -0.480 e. The lowest BCUT2D eigenvalue weighted by Gasteiger charge is -2.16. The lowest BCUT2D eigenvalue weighted by Crippen LogP contribution is -2.26. The quantitative estimate of drug-likeness (QED) is 0.755. The fourth-order valence-electron chi connectivity index (χ4n) is 1.83. The molecule has 1 fully saturated rings. The van der Waals surface area contributed by atoms with Crippen LogP contribution in [0.2, 0.25) is 0 Å². The molecule has 0 N–H and O–H groups in total. The number of nitrogens with zero attached hydrogens (tertiary/aromatic N) is 2. The molecule has 1 amide bonds. The zero-order chi connectivity index (χ0) is 14.2. The number of pyridine rings is 1. The molecule has 1 atom stereocenters. The third-order valence-electron chi connectivity index (χ3n) is 2.79. The van der Waals surface area contributed by atoms with Crippen molar-refractivity contribution in [3.05, 3.63) is 16.7 Å². The van der Waals surface area contributed by atoms with Crippen LogP contribution in [0.3, 0.4) is 0 Å². The number of anilines is 1. The molecule has 2 heterocycles. The smallest absolute Gasteiger partial charge is 0.237 e. The van der Waals surface area contributed by atoms with Gasteiger partial charge in [0.2, 0.25) is 20.8 Å². The molecule has 0 aromatic carbocycles. The molecule has 0 aliphatic carbocycles. The van der Waals surface area contributed by atoms with E-state index in [2.05, 4.69) is 20.9 Å². The lowest BCUT2D eigenvalue weighted by molar-refractivity contribution is -0.117. The minimum atomic E-state index is -3.75. The molecule has 1 aromatic heterocycles. The van der Waals surface area contributed by atoms with E-state index in [1.807, 2.05) is 0 Å². The number of hydrogen-bond acceptors (Lipinski definition) is 5. The van der Waals surface area contributed by atoms with Crippen LogP contribution in [0.25, 0.3) is 0 Å². The average Bonchev–Trinajstić information content (AvgIpc) is 2.71. The van der Waals surface area contributed by atoms with Crippen molar-refractivity contribution < 1.29 is 17.9 Å². The second-order valence-corrected chi connectivity index (χ2v) is 7.75. The number of aromatic nitrogens is 1. The molecule has 1 unspecified atom stereocenters. The van der Waals surface area contributed by atoms with Gasteiger partial charge in [0.25, 0.3) is 0 Å². The number of carbonyl (C=O) groups excluding carboxylic acids is 1. The molecule has 2 rings (SSSR count). The van der Waals surface area contributed by atoms with Gasteiger partial charge in [0.15, 0.2) is 0 Å². The summed E-state index contributed by atoms with van der Waals surface area (Å²) in [4.78, 5) is 17.2. The summed E-state index contributed by atoms with van der Waals surface area (Å²) in [6, 6.07) is 1.65. The number of methoxy groups -OCH3 is 1. The van der Waals surface area contributed by atoms with Gasteiger partial charge in [0.1, 0.15) is 5.25 Å². The molecule has 1 aromatic rings. The summed E-state index contributed by atoms with van der Waals surface area (Å²) in [6.45, 7) is 0.0329. The first-order valence-electron chi connectivity index (χ1n) is 5.26. The van der Waals surface area contributed by atoms with E-state index in [0.717, 1.165) is 0 Å². The average molecular weight is 370 g/mol. The Morgan fingerprint density at radius 1 is 1.58 bits per heavy atom. The van der Waals surface area contributed by atoms with E-state index >= 15 is 0 Å². The van der Waals surface area contributed by atoms with Crippen molar-refractivity contribution in [2.75, 3.05) is 18.6 Å². The molecule has 0 bridgehead atoms. The van der Waals surface area contributed by atoms with E-state index in [-0.39, 0.29) is 18.9 Å². The SMILES string of the molecule is COc1ncc(N2CC(S(=O)(=O)Cl)CC2=O)cc1Br. The summed E-state index contributed by atoms with van der Waals surface area (Å²) in [5.41, 5.74) is 0.500.